The summed E-state index contributed by atoms with van der Waals surface area (Å²) in [5, 5.41) is 12.1. The van der Waals surface area contributed by atoms with Crippen molar-refractivity contribution >= 4 is 44.3 Å². The second kappa shape index (κ2) is 5.51. The van der Waals surface area contributed by atoms with Crippen LogP contribution < -0.4 is 4.72 Å². The van der Waals surface area contributed by atoms with Crippen LogP contribution >= 0.6 is 34.3 Å². The Bertz CT molecular complexity index is 647. The molecule has 0 bridgehead atoms. The van der Waals surface area contributed by atoms with E-state index >= 15 is 0 Å². The van der Waals surface area contributed by atoms with Gasteiger partial charge in [0.05, 0.1) is 4.34 Å². The molecule has 0 aliphatic rings. The second-order valence-electron chi connectivity index (χ2n) is 4.13. The summed E-state index contributed by atoms with van der Waals surface area (Å²) in [5.74, 6) is 0. The average Bonchev–Trinajstić information content (AvgIpc) is 2.97. The van der Waals surface area contributed by atoms with Gasteiger partial charge >= 0.3 is 0 Å². The number of hydrogen-bond acceptors (Lipinski definition) is 5. The van der Waals surface area contributed by atoms with Gasteiger partial charge in [0.25, 0.3) is 0 Å². The van der Waals surface area contributed by atoms with Crippen LogP contribution in [-0.2, 0) is 15.6 Å². The monoisotopic (exact) mass is 337 g/mol. The molecule has 2 aromatic rings. The van der Waals surface area contributed by atoms with Gasteiger partial charge in [-0.1, -0.05) is 17.7 Å². The van der Waals surface area contributed by atoms with Gasteiger partial charge in [-0.15, -0.1) is 22.7 Å². The van der Waals surface area contributed by atoms with E-state index in [0.717, 1.165) is 11.3 Å². The molecule has 0 unspecified atom stereocenters. The molecule has 2 rings (SSSR count). The minimum atomic E-state index is -3.64. The van der Waals surface area contributed by atoms with Gasteiger partial charge in [-0.25, -0.2) is 13.1 Å². The summed E-state index contributed by atoms with van der Waals surface area (Å²) in [6.07, 6.45) is 0. The average molecular weight is 338 g/mol. The number of sulfonamides is 1. The van der Waals surface area contributed by atoms with Crippen LogP contribution in [-0.4, -0.2) is 20.1 Å². The van der Waals surface area contributed by atoms with Crippen LogP contribution in [0.1, 0.15) is 11.8 Å². The maximum Gasteiger partial charge on any atom is 0.250 e. The Morgan fingerprint density at radius 3 is 2.68 bits per heavy atom. The Morgan fingerprint density at radius 2 is 2.16 bits per heavy atom. The molecule has 0 saturated carbocycles. The molecule has 2 aromatic heterocycles. The first kappa shape index (κ1) is 15.0. The first-order valence-corrected chi connectivity index (χ1v) is 8.88. The zero-order valence-electron chi connectivity index (χ0n) is 9.96. The third-order valence-corrected chi connectivity index (χ3v) is 6.72. The van der Waals surface area contributed by atoms with E-state index in [1.165, 1.54) is 23.5 Å². The number of aliphatic hydroxyl groups is 1. The SMILES string of the molecule is C[C@@](O)(CNS(=O)(=O)c1ccc(Cl)s1)c1cccs1. The van der Waals surface area contributed by atoms with E-state index in [9.17, 15) is 13.5 Å². The Labute approximate surface area is 124 Å². The number of hydrogen-bond donors (Lipinski definition) is 2. The van der Waals surface area contributed by atoms with Crippen molar-refractivity contribution in [3.8, 4) is 0 Å². The Morgan fingerprint density at radius 1 is 1.42 bits per heavy atom. The van der Waals surface area contributed by atoms with Crippen molar-refractivity contribution in [2.45, 2.75) is 16.7 Å². The van der Waals surface area contributed by atoms with Crippen LogP contribution in [0, 0.1) is 0 Å². The quantitative estimate of drug-likeness (QED) is 0.881. The lowest BCUT2D eigenvalue weighted by Gasteiger charge is -2.21. The molecule has 0 saturated heterocycles. The summed E-state index contributed by atoms with van der Waals surface area (Å²) in [5.41, 5.74) is -1.23. The van der Waals surface area contributed by atoms with E-state index in [1.807, 2.05) is 11.4 Å². The lowest BCUT2D eigenvalue weighted by atomic mass is 10.1. The minimum absolute atomic E-state index is 0.0919. The third-order valence-electron chi connectivity index (χ3n) is 2.47. The highest BCUT2D eigenvalue weighted by atomic mass is 35.5. The topological polar surface area (TPSA) is 66.4 Å². The van der Waals surface area contributed by atoms with Gasteiger partial charge in [0.2, 0.25) is 10.0 Å². The number of nitrogens with one attached hydrogen (secondary N) is 1. The van der Waals surface area contributed by atoms with Crippen molar-refractivity contribution < 1.29 is 13.5 Å². The standard InChI is InChI=1S/C11H12ClNO3S3/c1-11(14,8-3-2-6-17-8)7-13-19(15,16)10-5-4-9(12)18-10/h2-6,13-14H,7H2,1H3/t11-/m1/s1. The second-order valence-corrected chi connectivity index (χ2v) is 8.79. The van der Waals surface area contributed by atoms with Crippen molar-refractivity contribution in [2.75, 3.05) is 6.54 Å². The lowest BCUT2D eigenvalue weighted by molar-refractivity contribution is 0.0666. The summed E-state index contributed by atoms with van der Waals surface area (Å²) in [6, 6.07) is 6.54. The van der Waals surface area contributed by atoms with Crippen LogP contribution in [0.25, 0.3) is 0 Å². The summed E-state index contributed by atoms with van der Waals surface area (Å²) >= 11 is 8.07. The van der Waals surface area contributed by atoms with Crippen molar-refractivity contribution in [2.24, 2.45) is 0 Å². The molecule has 4 nitrogen and oxygen atoms in total. The van der Waals surface area contributed by atoms with Crippen molar-refractivity contribution in [3.63, 3.8) is 0 Å². The zero-order valence-corrected chi connectivity index (χ0v) is 13.2. The number of thiophene rings is 2. The minimum Gasteiger partial charge on any atom is -0.383 e. The van der Waals surface area contributed by atoms with E-state index in [0.29, 0.717) is 9.21 Å². The maximum absolute atomic E-state index is 12.0. The smallest absolute Gasteiger partial charge is 0.250 e. The lowest BCUT2D eigenvalue weighted by Crippen LogP contribution is -2.37. The van der Waals surface area contributed by atoms with E-state index < -0.39 is 15.6 Å². The van der Waals surface area contributed by atoms with Crippen LogP contribution in [0.2, 0.25) is 4.34 Å². The number of rotatable bonds is 5. The predicted molar refractivity (Wildman–Crippen MR) is 78.4 cm³/mol. The molecule has 0 aliphatic heterocycles. The molecule has 0 spiro atoms. The van der Waals surface area contributed by atoms with Crippen LogP contribution in [0.3, 0.4) is 0 Å². The fraction of sp³-hybridized carbons (Fsp3) is 0.273. The normalized spacial score (nSPS) is 15.3. The molecule has 2 N–H and O–H groups in total. The van der Waals surface area contributed by atoms with Gasteiger partial charge in [0, 0.05) is 11.4 Å². The van der Waals surface area contributed by atoms with Gasteiger partial charge in [0.1, 0.15) is 9.81 Å². The van der Waals surface area contributed by atoms with E-state index in [1.54, 1.807) is 13.0 Å². The van der Waals surface area contributed by atoms with Crippen molar-refractivity contribution in [3.05, 3.63) is 38.9 Å². The molecular weight excluding hydrogens is 326 g/mol. The van der Waals surface area contributed by atoms with Gasteiger partial charge in [-0.2, -0.15) is 0 Å². The molecule has 0 amide bonds. The van der Waals surface area contributed by atoms with E-state index in [2.05, 4.69) is 4.72 Å². The molecule has 104 valence electrons. The third kappa shape index (κ3) is 3.56. The molecule has 0 aromatic carbocycles. The molecule has 19 heavy (non-hydrogen) atoms. The molecule has 1 atom stereocenters. The molecule has 0 fully saturated rings. The van der Waals surface area contributed by atoms with Crippen molar-refractivity contribution in [1.82, 2.24) is 4.72 Å². The van der Waals surface area contributed by atoms with E-state index in [4.69, 9.17) is 11.6 Å². The highest BCUT2D eigenvalue weighted by Gasteiger charge is 2.27. The molecular formula is C11H12ClNO3S3. The van der Waals surface area contributed by atoms with Crippen LogP contribution in [0.15, 0.2) is 33.9 Å². The van der Waals surface area contributed by atoms with Gasteiger partial charge in [-0.3, -0.25) is 0 Å². The van der Waals surface area contributed by atoms with Crippen LogP contribution in [0.5, 0.6) is 0 Å². The molecule has 0 aliphatic carbocycles. The number of halogens is 1. The summed E-state index contributed by atoms with van der Waals surface area (Å²) in [7, 11) is -3.64. The highest BCUT2D eigenvalue weighted by molar-refractivity contribution is 7.91. The summed E-state index contributed by atoms with van der Waals surface area (Å²) in [4.78, 5) is 0.708. The fourth-order valence-corrected chi connectivity index (χ4v) is 4.87. The maximum atomic E-state index is 12.0. The van der Waals surface area contributed by atoms with E-state index in [-0.39, 0.29) is 10.8 Å². The molecule has 8 heteroatoms. The first-order valence-electron chi connectivity index (χ1n) is 5.33. The predicted octanol–water partition coefficient (Wildman–Crippen LogP) is 2.65. The molecule has 2 heterocycles. The fourth-order valence-electron chi connectivity index (χ4n) is 1.42. The Kier molecular flexibility index (Phi) is 4.34. The first-order chi connectivity index (χ1) is 8.81. The Balaban J connectivity index is 2.10. The van der Waals surface area contributed by atoms with Gasteiger partial charge in [-0.05, 0) is 30.5 Å². The largest absolute Gasteiger partial charge is 0.383 e. The summed E-state index contributed by atoms with van der Waals surface area (Å²) in [6.45, 7) is 1.48. The van der Waals surface area contributed by atoms with Gasteiger partial charge in [0.15, 0.2) is 0 Å². The highest BCUT2D eigenvalue weighted by Crippen LogP contribution is 2.27. The molecule has 0 radical (unpaired) electrons. The van der Waals surface area contributed by atoms with Crippen molar-refractivity contribution in [1.29, 1.82) is 0 Å². The zero-order chi connectivity index (χ0) is 14.1. The Hall–Kier alpha value is -0.440. The van der Waals surface area contributed by atoms with Gasteiger partial charge < -0.3 is 5.11 Å². The summed E-state index contributed by atoms with van der Waals surface area (Å²) < 4.78 is 26.9. The van der Waals surface area contributed by atoms with Crippen LogP contribution in [0.4, 0.5) is 0 Å².